The topological polar surface area (TPSA) is 51.2 Å². The third-order valence-electron chi connectivity index (χ3n) is 3.24. The van der Waals surface area contributed by atoms with E-state index in [1.807, 2.05) is 0 Å². The van der Waals surface area contributed by atoms with Crippen LogP contribution in [0.5, 0.6) is 0 Å². The zero-order chi connectivity index (χ0) is 15.0. The molecule has 6 heteroatoms. The Balaban J connectivity index is 2.13. The summed E-state index contributed by atoms with van der Waals surface area (Å²) >= 11 is 0. The van der Waals surface area contributed by atoms with E-state index in [4.69, 9.17) is 10.3 Å². The first kappa shape index (κ1) is 13.7. The Morgan fingerprint density at radius 1 is 1.00 bits per heavy atom. The standard InChI is InChI=1S/C15H11F3N2O/c16-9-4-5-11(17)10(7-9)14(20-19)13-6-8-2-1-3-12(18)15(8)21-13/h1-7,14,20H,19H2. The average Bonchev–Trinajstić information content (AvgIpc) is 2.89. The molecule has 1 heterocycles. The third kappa shape index (κ3) is 2.39. The zero-order valence-corrected chi connectivity index (χ0v) is 10.7. The summed E-state index contributed by atoms with van der Waals surface area (Å²) in [7, 11) is 0. The Bertz CT molecular complexity index is 801. The Kier molecular flexibility index (Phi) is 3.40. The highest BCUT2D eigenvalue weighted by Gasteiger charge is 2.22. The normalized spacial score (nSPS) is 12.8. The molecule has 3 nitrogen and oxygen atoms in total. The number of hydrogen-bond acceptors (Lipinski definition) is 3. The van der Waals surface area contributed by atoms with Gasteiger partial charge in [-0.1, -0.05) is 12.1 Å². The fraction of sp³-hybridized carbons (Fsp3) is 0.0667. The second kappa shape index (κ2) is 5.23. The van der Waals surface area contributed by atoms with Crippen LogP contribution in [-0.4, -0.2) is 0 Å². The molecule has 0 fully saturated rings. The van der Waals surface area contributed by atoms with Gasteiger partial charge >= 0.3 is 0 Å². The van der Waals surface area contributed by atoms with Crippen molar-refractivity contribution >= 4 is 11.0 Å². The fourth-order valence-corrected chi connectivity index (χ4v) is 2.25. The molecule has 0 aliphatic rings. The van der Waals surface area contributed by atoms with Crippen molar-refractivity contribution < 1.29 is 17.6 Å². The van der Waals surface area contributed by atoms with E-state index in [1.54, 1.807) is 6.07 Å². The molecule has 0 saturated carbocycles. The highest BCUT2D eigenvalue weighted by molar-refractivity contribution is 5.78. The highest BCUT2D eigenvalue weighted by Crippen LogP contribution is 2.30. The van der Waals surface area contributed by atoms with Crippen LogP contribution >= 0.6 is 0 Å². The van der Waals surface area contributed by atoms with Gasteiger partial charge in [0.15, 0.2) is 11.4 Å². The molecular weight excluding hydrogens is 281 g/mol. The monoisotopic (exact) mass is 292 g/mol. The number of hydrogen-bond donors (Lipinski definition) is 2. The second-order valence-corrected chi connectivity index (χ2v) is 4.57. The van der Waals surface area contributed by atoms with Crippen LogP contribution in [0, 0.1) is 17.5 Å². The number of nitrogens with one attached hydrogen (secondary N) is 1. The number of nitrogens with two attached hydrogens (primary N) is 1. The van der Waals surface area contributed by atoms with Crippen molar-refractivity contribution in [2.75, 3.05) is 0 Å². The second-order valence-electron chi connectivity index (χ2n) is 4.57. The van der Waals surface area contributed by atoms with Crippen LogP contribution in [0.25, 0.3) is 11.0 Å². The molecule has 3 N–H and O–H groups in total. The zero-order valence-electron chi connectivity index (χ0n) is 10.7. The number of rotatable bonds is 3. The largest absolute Gasteiger partial charge is 0.456 e. The van der Waals surface area contributed by atoms with Gasteiger partial charge < -0.3 is 4.42 Å². The van der Waals surface area contributed by atoms with E-state index in [2.05, 4.69) is 5.43 Å². The fourth-order valence-electron chi connectivity index (χ4n) is 2.25. The summed E-state index contributed by atoms with van der Waals surface area (Å²) in [5.74, 6) is 3.84. The summed E-state index contributed by atoms with van der Waals surface area (Å²) in [6, 6.07) is 8.07. The average molecular weight is 292 g/mol. The molecule has 21 heavy (non-hydrogen) atoms. The third-order valence-corrected chi connectivity index (χ3v) is 3.24. The van der Waals surface area contributed by atoms with E-state index in [9.17, 15) is 13.2 Å². The Morgan fingerprint density at radius 3 is 2.52 bits per heavy atom. The van der Waals surface area contributed by atoms with Crippen molar-refractivity contribution in [1.29, 1.82) is 0 Å². The molecule has 0 spiro atoms. The number of furan rings is 1. The van der Waals surface area contributed by atoms with E-state index < -0.39 is 23.5 Å². The van der Waals surface area contributed by atoms with Crippen molar-refractivity contribution in [1.82, 2.24) is 5.43 Å². The van der Waals surface area contributed by atoms with Crippen LogP contribution in [0.2, 0.25) is 0 Å². The molecular formula is C15H11F3N2O. The van der Waals surface area contributed by atoms with Crippen molar-refractivity contribution in [3.8, 4) is 0 Å². The van der Waals surface area contributed by atoms with Crippen molar-refractivity contribution in [3.05, 3.63) is 71.2 Å². The van der Waals surface area contributed by atoms with Crippen LogP contribution < -0.4 is 11.3 Å². The Hall–Kier alpha value is -2.31. The maximum absolute atomic E-state index is 13.8. The summed E-state index contributed by atoms with van der Waals surface area (Å²) in [5, 5.41) is 0.516. The number of fused-ring (bicyclic) bond motifs is 1. The molecule has 0 saturated heterocycles. The van der Waals surface area contributed by atoms with Gasteiger partial charge in [0.1, 0.15) is 23.4 Å². The maximum Gasteiger partial charge on any atom is 0.169 e. The van der Waals surface area contributed by atoms with Gasteiger partial charge in [0.05, 0.1) is 0 Å². The lowest BCUT2D eigenvalue weighted by Crippen LogP contribution is -2.29. The van der Waals surface area contributed by atoms with Gasteiger partial charge in [-0.3, -0.25) is 5.84 Å². The summed E-state index contributed by atoms with van der Waals surface area (Å²) in [6.07, 6.45) is 0. The predicted molar refractivity (Wildman–Crippen MR) is 71.7 cm³/mol. The summed E-state index contributed by atoms with van der Waals surface area (Å²) in [4.78, 5) is 0. The van der Waals surface area contributed by atoms with E-state index in [1.165, 1.54) is 18.2 Å². The smallest absolute Gasteiger partial charge is 0.169 e. The van der Waals surface area contributed by atoms with E-state index in [0.717, 1.165) is 18.2 Å². The number of halogens is 3. The first-order chi connectivity index (χ1) is 10.1. The molecule has 0 aliphatic heterocycles. The molecule has 3 rings (SSSR count). The first-order valence-electron chi connectivity index (χ1n) is 6.19. The summed E-state index contributed by atoms with van der Waals surface area (Å²) in [5.41, 5.74) is 2.39. The molecule has 3 aromatic rings. The molecule has 108 valence electrons. The molecule has 2 aromatic carbocycles. The van der Waals surface area contributed by atoms with Gasteiger partial charge in [0, 0.05) is 10.9 Å². The molecule has 1 unspecified atom stereocenters. The quantitative estimate of drug-likeness (QED) is 0.574. The molecule has 1 aromatic heterocycles. The minimum Gasteiger partial charge on any atom is -0.456 e. The lowest BCUT2D eigenvalue weighted by Gasteiger charge is -2.14. The van der Waals surface area contributed by atoms with Gasteiger partial charge in [-0.05, 0) is 30.3 Å². The molecule has 0 radical (unpaired) electrons. The van der Waals surface area contributed by atoms with E-state index in [0.29, 0.717) is 5.39 Å². The van der Waals surface area contributed by atoms with Gasteiger partial charge in [-0.25, -0.2) is 18.6 Å². The highest BCUT2D eigenvalue weighted by atomic mass is 19.1. The summed E-state index contributed by atoms with van der Waals surface area (Å²) < 4.78 is 46.2. The lowest BCUT2D eigenvalue weighted by molar-refractivity contribution is 0.451. The predicted octanol–water partition coefficient (Wildman–Crippen LogP) is 3.40. The number of benzene rings is 2. The first-order valence-corrected chi connectivity index (χ1v) is 6.19. The van der Waals surface area contributed by atoms with Crippen LogP contribution in [0.3, 0.4) is 0 Å². The summed E-state index contributed by atoms with van der Waals surface area (Å²) in [6.45, 7) is 0. The molecule has 1 atom stereocenters. The van der Waals surface area contributed by atoms with Gasteiger partial charge in [-0.2, -0.15) is 0 Å². The van der Waals surface area contributed by atoms with Gasteiger partial charge in [0.2, 0.25) is 0 Å². The molecule has 0 aliphatic carbocycles. The van der Waals surface area contributed by atoms with Crippen LogP contribution in [0.15, 0.2) is 46.9 Å². The maximum atomic E-state index is 13.8. The molecule has 0 bridgehead atoms. The van der Waals surface area contributed by atoms with Crippen LogP contribution in [-0.2, 0) is 0 Å². The van der Waals surface area contributed by atoms with Crippen molar-refractivity contribution in [2.45, 2.75) is 6.04 Å². The lowest BCUT2D eigenvalue weighted by atomic mass is 10.0. The Labute approximate surface area is 118 Å². The number of para-hydroxylation sites is 1. The minimum atomic E-state index is -0.924. The number of hydrazine groups is 1. The SMILES string of the molecule is NNC(c1cc2cccc(F)c2o1)c1cc(F)ccc1F. The van der Waals surface area contributed by atoms with Gasteiger partial charge in [-0.15, -0.1) is 0 Å². The van der Waals surface area contributed by atoms with Gasteiger partial charge in [0.25, 0.3) is 0 Å². The molecule has 0 amide bonds. The minimum absolute atomic E-state index is 0.0167. The Morgan fingerprint density at radius 2 is 1.81 bits per heavy atom. The van der Waals surface area contributed by atoms with Crippen LogP contribution in [0.1, 0.15) is 17.4 Å². The van der Waals surface area contributed by atoms with Crippen molar-refractivity contribution in [3.63, 3.8) is 0 Å². The van der Waals surface area contributed by atoms with Crippen LogP contribution in [0.4, 0.5) is 13.2 Å². The van der Waals surface area contributed by atoms with E-state index in [-0.39, 0.29) is 16.9 Å². The van der Waals surface area contributed by atoms with Crippen molar-refractivity contribution in [2.24, 2.45) is 5.84 Å². The van der Waals surface area contributed by atoms with E-state index >= 15 is 0 Å².